The molecule has 2 heterocycles. The van der Waals surface area contributed by atoms with E-state index >= 15 is 0 Å². The maximum Gasteiger partial charge on any atom is 0.0743 e. The van der Waals surface area contributed by atoms with Gasteiger partial charge < -0.3 is 11.1 Å². The predicted octanol–water partition coefficient (Wildman–Crippen LogP) is 4.27. The number of anilines is 2. The summed E-state index contributed by atoms with van der Waals surface area (Å²) >= 11 is 1.80. The highest BCUT2D eigenvalue weighted by Crippen LogP contribution is 2.29. The molecular formula is C17H19N3S. The van der Waals surface area contributed by atoms with Crippen molar-refractivity contribution in [1.29, 1.82) is 0 Å². The van der Waals surface area contributed by atoms with Gasteiger partial charge in [0.05, 0.1) is 5.52 Å². The third kappa shape index (κ3) is 2.85. The van der Waals surface area contributed by atoms with Gasteiger partial charge in [-0.05, 0) is 35.7 Å². The summed E-state index contributed by atoms with van der Waals surface area (Å²) in [7, 11) is 0. The van der Waals surface area contributed by atoms with Crippen LogP contribution in [0.2, 0.25) is 0 Å². The van der Waals surface area contributed by atoms with Crippen molar-refractivity contribution in [2.75, 3.05) is 17.6 Å². The average molecular weight is 297 g/mol. The molecule has 0 unspecified atom stereocenters. The van der Waals surface area contributed by atoms with E-state index in [1.165, 1.54) is 4.88 Å². The van der Waals surface area contributed by atoms with Crippen LogP contribution in [0.25, 0.3) is 10.9 Å². The largest absolute Gasteiger partial charge is 0.399 e. The SMILES string of the molecule is CC(C)(CNc1ccnc2cc(N)ccc12)c1cccs1. The normalized spacial score (nSPS) is 11.7. The van der Waals surface area contributed by atoms with Crippen molar-refractivity contribution in [2.45, 2.75) is 19.3 Å². The molecule has 0 fully saturated rings. The molecule has 0 saturated carbocycles. The zero-order valence-electron chi connectivity index (χ0n) is 12.3. The summed E-state index contributed by atoms with van der Waals surface area (Å²) in [5.74, 6) is 0. The van der Waals surface area contributed by atoms with Crippen LogP contribution in [0.3, 0.4) is 0 Å². The Kier molecular flexibility index (Phi) is 3.55. The number of rotatable bonds is 4. The number of aromatic nitrogens is 1. The minimum atomic E-state index is 0.0948. The number of benzene rings is 1. The molecule has 0 aliphatic carbocycles. The number of nitrogen functional groups attached to an aromatic ring is 1. The van der Waals surface area contributed by atoms with Gasteiger partial charge in [0.1, 0.15) is 0 Å². The van der Waals surface area contributed by atoms with Crippen LogP contribution in [0.4, 0.5) is 11.4 Å². The molecule has 0 saturated heterocycles. The molecule has 0 atom stereocenters. The molecular weight excluding hydrogens is 278 g/mol. The van der Waals surface area contributed by atoms with E-state index in [-0.39, 0.29) is 5.41 Å². The van der Waals surface area contributed by atoms with Crippen LogP contribution in [0.5, 0.6) is 0 Å². The Morgan fingerprint density at radius 2 is 2.10 bits per heavy atom. The Balaban J connectivity index is 1.86. The van der Waals surface area contributed by atoms with E-state index in [0.29, 0.717) is 0 Å². The summed E-state index contributed by atoms with van der Waals surface area (Å²) in [5, 5.41) is 6.79. The minimum absolute atomic E-state index is 0.0948. The van der Waals surface area contributed by atoms with Crippen LogP contribution < -0.4 is 11.1 Å². The van der Waals surface area contributed by atoms with Gasteiger partial charge in [0.25, 0.3) is 0 Å². The first-order valence-electron chi connectivity index (χ1n) is 6.98. The van der Waals surface area contributed by atoms with E-state index in [2.05, 4.69) is 41.7 Å². The number of pyridine rings is 1. The van der Waals surface area contributed by atoms with Crippen molar-refractivity contribution in [3.05, 3.63) is 52.9 Å². The van der Waals surface area contributed by atoms with Crippen LogP contribution in [0, 0.1) is 0 Å². The van der Waals surface area contributed by atoms with Gasteiger partial charge in [-0.3, -0.25) is 4.98 Å². The molecule has 0 aliphatic rings. The highest BCUT2D eigenvalue weighted by atomic mass is 32.1. The van der Waals surface area contributed by atoms with E-state index < -0.39 is 0 Å². The Morgan fingerprint density at radius 1 is 1.24 bits per heavy atom. The van der Waals surface area contributed by atoms with E-state index in [1.54, 1.807) is 11.3 Å². The standard InChI is InChI=1S/C17H19N3S/c1-17(2,16-4-3-9-21-16)11-20-14-7-8-19-15-10-12(18)5-6-13(14)15/h3-10H,11,18H2,1-2H3,(H,19,20). The van der Waals surface area contributed by atoms with Crippen molar-refractivity contribution < 1.29 is 0 Å². The van der Waals surface area contributed by atoms with Gasteiger partial charge in [0.2, 0.25) is 0 Å². The first-order chi connectivity index (χ1) is 10.1. The van der Waals surface area contributed by atoms with Gasteiger partial charge in [-0.2, -0.15) is 0 Å². The first kappa shape index (κ1) is 13.9. The lowest BCUT2D eigenvalue weighted by Crippen LogP contribution is -2.26. The molecule has 2 aromatic heterocycles. The monoisotopic (exact) mass is 297 g/mol. The maximum atomic E-state index is 5.82. The van der Waals surface area contributed by atoms with Crippen LogP contribution in [0.1, 0.15) is 18.7 Å². The molecule has 0 amide bonds. The van der Waals surface area contributed by atoms with Crippen molar-refractivity contribution >= 4 is 33.6 Å². The van der Waals surface area contributed by atoms with Crippen molar-refractivity contribution in [2.24, 2.45) is 0 Å². The summed E-state index contributed by atoms with van der Waals surface area (Å²) < 4.78 is 0. The van der Waals surface area contributed by atoms with E-state index in [0.717, 1.165) is 28.8 Å². The van der Waals surface area contributed by atoms with E-state index in [9.17, 15) is 0 Å². The van der Waals surface area contributed by atoms with Gasteiger partial charge in [-0.1, -0.05) is 19.9 Å². The highest BCUT2D eigenvalue weighted by molar-refractivity contribution is 7.10. The summed E-state index contributed by atoms with van der Waals surface area (Å²) in [6.45, 7) is 5.39. The number of hydrogen-bond acceptors (Lipinski definition) is 4. The van der Waals surface area contributed by atoms with Gasteiger partial charge >= 0.3 is 0 Å². The zero-order chi connectivity index (χ0) is 14.9. The van der Waals surface area contributed by atoms with Crippen molar-refractivity contribution in [3.8, 4) is 0 Å². The van der Waals surface area contributed by atoms with Crippen LogP contribution in [-0.2, 0) is 5.41 Å². The quantitative estimate of drug-likeness (QED) is 0.707. The number of nitrogens with one attached hydrogen (secondary N) is 1. The van der Waals surface area contributed by atoms with E-state index in [4.69, 9.17) is 5.73 Å². The topological polar surface area (TPSA) is 50.9 Å². The minimum Gasteiger partial charge on any atom is -0.399 e. The van der Waals surface area contributed by atoms with Crippen LogP contribution in [-0.4, -0.2) is 11.5 Å². The smallest absolute Gasteiger partial charge is 0.0743 e. The predicted molar refractivity (Wildman–Crippen MR) is 92.0 cm³/mol. The molecule has 0 bridgehead atoms. The van der Waals surface area contributed by atoms with Gasteiger partial charge in [-0.15, -0.1) is 11.3 Å². The molecule has 0 aliphatic heterocycles. The summed E-state index contributed by atoms with van der Waals surface area (Å²) in [5.41, 5.74) is 8.69. The van der Waals surface area contributed by atoms with Crippen molar-refractivity contribution in [1.82, 2.24) is 4.98 Å². The first-order valence-corrected chi connectivity index (χ1v) is 7.86. The fraction of sp³-hybridized carbons (Fsp3) is 0.235. The maximum absolute atomic E-state index is 5.82. The molecule has 3 N–H and O–H groups in total. The number of thiophene rings is 1. The third-order valence-corrected chi connectivity index (χ3v) is 4.91. The second-order valence-corrected chi connectivity index (χ2v) is 6.80. The van der Waals surface area contributed by atoms with Gasteiger partial charge in [0, 0.05) is 39.8 Å². The molecule has 1 aromatic carbocycles. The van der Waals surface area contributed by atoms with Crippen molar-refractivity contribution in [3.63, 3.8) is 0 Å². The van der Waals surface area contributed by atoms with Gasteiger partial charge in [0.15, 0.2) is 0 Å². The summed E-state index contributed by atoms with van der Waals surface area (Å²) in [4.78, 5) is 5.77. The molecule has 3 aromatic rings. The number of fused-ring (bicyclic) bond motifs is 1. The molecule has 3 rings (SSSR count). The van der Waals surface area contributed by atoms with E-state index in [1.807, 2.05) is 30.5 Å². The lowest BCUT2D eigenvalue weighted by Gasteiger charge is -2.24. The molecule has 108 valence electrons. The lowest BCUT2D eigenvalue weighted by atomic mass is 9.91. The second-order valence-electron chi connectivity index (χ2n) is 5.85. The molecule has 0 spiro atoms. The molecule has 4 heteroatoms. The molecule has 0 radical (unpaired) electrons. The Labute approximate surface area is 128 Å². The lowest BCUT2D eigenvalue weighted by molar-refractivity contribution is 0.569. The highest BCUT2D eigenvalue weighted by Gasteiger charge is 2.21. The van der Waals surface area contributed by atoms with Crippen LogP contribution in [0.15, 0.2) is 48.0 Å². The Morgan fingerprint density at radius 3 is 2.86 bits per heavy atom. The Hall–Kier alpha value is -2.07. The third-order valence-electron chi connectivity index (χ3n) is 3.68. The van der Waals surface area contributed by atoms with Gasteiger partial charge in [-0.25, -0.2) is 0 Å². The summed E-state index contributed by atoms with van der Waals surface area (Å²) in [6.07, 6.45) is 1.82. The Bertz CT molecular complexity index is 748. The number of nitrogens with zero attached hydrogens (tertiary/aromatic N) is 1. The molecule has 3 nitrogen and oxygen atoms in total. The fourth-order valence-electron chi connectivity index (χ4n) is 2.39. The molecule has 21 heavy (non-hydrogen) atoms. The average Bonchev–Trinajstić information content (AvgIpc) is 2.99. The number of nitrogens with two attached hydrogens (primary N) is 1. The fourth-order valence-corrected chi connectivity index (χ4v) is 3.24. The zero-order valence-corrected chi connectivity index (χ0v) is 13.1. The second kappa shape index (κ2) is 5.37. The number of hydrogen-bond donors (Lipinski definition) is 2. The summed E-state index contributed by atoms with van der Waals surface area (Å²) in [6, 6.07) is 12.2. The van der Waals surface area contributed by atoms with Crippen LogP contribution >= 0.6 is 11.3 Å².